The van der Waals surface area contributed by atoms with Gasteiger partial charge in [0.2, 0.25) is 0 Å². The van der Waals surface area contributed by atoms with Crippen molar-refractivity contribution >= 4 is 43.4 Å². The number of rotatable bonds is 4. The molecule has 1 nitrogen and oxygen atoms in total. The Morgan fingerprint density at radius 3 is 1.27 bits per heavy atom. The molecule has 0 aliphatic heterocycles. The maximum absolute atomic E-state index is 2.41. The summed E-state index contributed by atoms with van der Waals surface area (Å²) in [4.78, 5) is 0. The van der Waals surface area contributed by atoms with Gasteiger partial charge in [-0.05, 0) is 92.2 Å². The summed E-state index contributed by atoms with van der Waals surface area (Å²) in [6.07, 6.45) is 0. The summed E-state index contributed by atoms with van der Waals surface area (Å²) in [5, 5.41) is 7.63. The Hall–Kier alpha value is -6.70. The fourth-order valence-electron chi connectivity index (χ4n) is 7.70. The highest BCUT2D eigenvalue weighted by Crippen LogP contribution is 2.45. The van der Waals surface area contributed by atoms with Crippen LogP contribution in [0.15, 0.2) is 206 Å². The molecule has 0 aliphatic carbocycles. The lowest BCUT2D eigenvalue weighted by atomic mass is 9.85. The van der Waals surface area contributed by atoms with Crippen LogP contribution in [0.25, 0.3) is 82.4 Å². The topological polar surface area (TPSA) is 4.93 Å². The van der Waals surface area contributed by atoms with E-state index in [4.69, 9.17) is 0 Å². The van der Waals surface area contributed by atoms with Crippen molar-refractivity contribution in [1.29, 1.82) is 0 Å². The van der Waals surface area contributed by atoms with Gasteiger partial charge in [-0.3, -0.25) is 0 Å². The van der Waals surface area contributed by atoms with Gasteiger partial charge in [0.05, 0.1) is 11.0 Å². The highest BCUT2D eigenvalue weighted by atomic mass is 15.0. The van der Waals surface area contributed by atoms with E-state index in [1.807, 2.05) is 36.4 Å². The van der Waals surface area contributed by atoms with Crippen LogP contribution in [0, 0.1) is 6.92 Å². The molecular formula is C51H37N. The minimum atomic E-state index is 1.16. The van der Waals surface area contributed by atoms with Crippen LogP contribution in [0.2, 0.25) is 0 Å². The summed E-state index contributed by atoms with van der Waals surface area (Å²) < 4.78 is 2.40. The molecule has 246 valence electrons. The fraction of sp³-hybridized carbons (Fsp3) is 0.0196. The first-order valence-electron chi connectivity index (χ1n) is 17.9. The minimum Gasteiger partial charge on any atom is -0.309 e. The van der Waals surface area contributed by atoms with E-state index in [-0.39, 0.29) is 0 Å². The first-order valence-corrected chi connectivity index (χ1v) is 17.9. The van der Waals surface area contributed by atoms with Crippen LogP contribution in [-0.4, -0.2) is 4.57 Å². The van der Waals surface area contributed by atoms with Crippen molar-refractivity contribution in [3.63, 3.8) is 0 Å². The maximum Gasteiger partial charge on any atom is 0.0541 e. The molecule has 1 aromatic heterocycles. The molecule has 0 spiro atoms. The fourth-order valence-corrected chi connectivity index (χ4v) is 7.70. The third-order valence-corrected chi connectivity index (χ3v) is 10.1. The summed E-state index contributed by atoms with van der Waals surface area (Å²) in [7, 11) is 0. The monoisotopic (exact) mass is 663 g/mol. The van der Waals surface area contributed by atoms with Gasteiger partial charge in [-0.2, -0.15) is 0 Å². The summed E-state index contributed by atoms with van der Waals surface area (Å²) in [5.74, 6) is 0. The highest BCUT2D eigenvalue weighted by Gasteiger charge is 2.18. The van der Waals surface area contributed by atoms with Gasteiger partial charge in [-0.1, -0.05) is 181 Å². The molecule has 0 aliphatic rings. The van der Waals surface area contributed by atoms with Gasteiger partial charge in [0.1, 0.15) is 0 Å². The number of nitrogens with zero attached hydrogens (tertiary/aromatic N) is 1. The zero-order chi connectivity index (χ0) is 34.9. The molecule has 52 heavy (non-hydrogen) atoms. The van der Waals surface area contributed by atoms with E-state index in [2.05, 4.69) is 181 Å². The second kappa shape index (κ2) is 13.5. The third kappa shape index (κ3) is 5.63. The lowest BCUT2D eigenvalue weighted by Crippen LogP contribution is -1.94. The van der Waals surface area contributed by atoms with Crippen LogP contribution < -0.4 is 0 Å². The molecule has 0 atom stereocenters. The maximum atomic E-state index is 2.41. The van der Waals surface area contributed by atoms with Gasteiger partial charge in [-0.15, -0.1) is 0 Å². The average molecular weight is 664 g/mol. The Kier molecular flexibility index (Phi) is 8.15. The zero-order valence-electron chi connectivity index (χ0n) is 29.1. The van der Waals surface area contributed by atoms with Crippen molar-refractivity contribution in [3.8, 4) is 39.1 Å². The molecule has 0 saturated heterocycles. The van der Waals surface area contributed by atoms with E-state index in [1.54, 1.807) is 0 Å². The Labute approximate surface area is 304 Å². The van der Waals surface area contributed by atoms with Crippen LogP contribution in [0.1, 0.15) is 5.56 Å². The predicted molar refractivity (Wildman–Crippen MR) is 223 cm³/mol. The van der Waals surface area contributed by atoms with Gasteiger partial charge >= 0.3 is 0 Å². The van der Waals surface area contributed by atoms with E-state index in [9.17, 15) is 0 Å². The molecule has 0 unspecified atom stereocenters. The van der Waals surface area contributed by atoms with E-state index in [1.165, 1.54) is 82.3 Å². The average Bonchev–Trinajstić information content (AvgIpc) is 3.55. The van der Waals surface area contributed by atoms with Crippen LogP contribution in [0.3, 0.4) is 0 Å². The number of benzene rings is 9. The number of aryl methyl sites for hydroxylation is 1. The Balaban J connectivity index is 0.000000548. The van der Waals surface area contributed by atoms with Crippen LogP contribution in [0.5, 0.6) is 0 Å². The minimum absolute atomic E-state index is 1.16. The lowest BCUT2D eigenvalue weighted by molar-refractivity contribution is 1.18. The quantitative estimate of drug-likeness (QED) is 0.165. The lowest BCUT2D eigenvalue weighted by Gasteiger charge is -2.18. The van der Waals surface area contributed by atoms with Crippen molar-refractivity contribution in [1.82, 2.24) is 4.57 Å². The Bertz CT molecular complexity index is 2730. The molecule has 0 bridgehead atoms. The molecular weight excluding hydrogens is 627 g/mol. The smallest absolute Gasteiger partial charge is 0.0541 e. The summed E-state index contributed by atoms with van der Waals surface area (Å²) in [5.41, 5.74) is 12.4. The highest BCUT2D eigenvalue weighted by molar-refractivity contribution is 6.22. The van der Waals surface area contributed by atoms with E-state index in [0.717, 1.165) is 5.69 Å². The van der Waals surface area contributed by atoms with Crippen molar-refractivity contribution in [2.24, 2.45) is 0 Å². The Morgan fingerprint density at radius 2 is 0.692 bits per heavy atom. The Morgan fingerprint density at radius 1 is 0.288 bits per heavy atom. The second-order valence-corrected chi connectivity index (χ2v) is 13.4. The molecule has 0 amide bonds. The second-order valence-electron chi connectivity index (χ2n) is 13.4. The standard InChI is InChI=1S/C45H31N.C6H6/c1-30-19-21-33(22-20-30)44-37-14-5-7-16-39(37)45(40-17-8-6-15-38(40)44)34-25-28-43-41(29-34)36-13-9-10-18-42(36)46(43)35-26-23-32(24-27-35)31-11-3-2-4-12-31;1-2-4-6-5-3-1/h2-29H,1H3;1-6H. The van der Waals surface area contributed by atoms with Crippen LogP contribution in [0.4, 0.5) is 0 Å². The number of hydrogen-bond acceptors (Lipinski definition) is 0. The first-order chi connectivity index (χ1) is 25.7. The van der Waals surface area contributed by atoms with E-state index < -0.39 is 0 Å². The van der Waals surface area contributed by atoms with Crippen molar-refractivity contribution < 1.29 is 0 Å². The zero-order valence-corrected chi connectivity index (χ0v) is 29.1. The molecule has 9 aromatic carbocycles. The van der Waals surface area contributed by atoms with Gasteiger partial charge in [0.15, 0.2) is 0 Å². The summed E-state index contributed by atoms with van der Waals surface area (Å²) in [6.45, 7) is 2.15. The molecule has 0 N–H and O–H groups in total. The van der Waals surface area contributed by atoms with Crippen molar-refractivity contribution in [2.75, 3.05) is 0 Å². The molecule has 1 heterocycles. The van der Waals surface area contributed by atoms with Gasteiger partial charge in [0.25, 0.3) is 0 Å². The largest absolute Gasteiger partial charge is 0.309 e. The van der Waals surface area contributed by atoms with Gasteiger partial charge in [-0.25, -0.2) is 0 Å². The summed E-state index contributed by atoms with van der Waals surface area (Å²) in [6, 6.07) is 74.1. The van der Waals surface area contributed by atoms with E-state index >= 15 is 0 Å². The first kappa shape index (κ1) is 31.3. The van der Waals surface area contributed by atoms with E-state index in [0.29, 0.717) is 0 Å². The molecule has 1 heteroatoms. The number of aromatic nitrogens is 1. The predicted octanol–water partition coefficient (Wildman–Crippen LogP) is 14.1. The SMILES string of the molecule is Cc1ccc(-c2c3ccccc3c(-c3ccc4c(c3)c3ccccc3n4-c3ccc(-c4ccccc4)cc3)c3ccccc23)cc1.c1ccccc1. The summed E-state index contributed by atoms with van der Waals surface area (Å²) >= 11 is 0. The number of para-hydroxylation sites is 1. The normalized spacial score (nSPS) is 11.2. The van der Waals surface area contributed by atoms with Crippen molar-refractivity contribution in [3.05, 3.63) is 212 Å². The van der Waals surface area contributed by atoms with Crippen molar-refractivity contribution in [2.45, 2.75) is 6.92 Å². The molecule has 10 aromatic rings. The van der Waals surface area contributed by atoms with Crippen LogP contribution in [-0.2, 0) is 0 Å². The molecule has 0 radical (unpaired) electrons. The van der Waals surface area contributed by atoms with Crippen LogP contribution >= 0.6 is 0 Å². The van der Waals surface area contributed by atoms with Gasteiger partial charge < -0.3 is 4.57 Å². The molecule has 0 saturated carbocycles. The number of hydrogen-bond donors (Lipinski definition) is 0. The number of fused-ring (bicyclic) bond motifs is 5. The third-order valence-electron chi connectivity index (χ3n) is 10.1. The molecule has 0 fully saturated rings. The molecule has 10 rings (SSSR count). The van der Waals surface area contributed by atoms with Gasteiger partial charge in [0, 0.05) is 16.5 Å².